The van der Waals surface area contributed by atoms with E-state index in [1.165, 1.54) is 6.26 Å². The minimum absolute atomic E-state index is 0.0621. The first-order valence-corrected chi connectivity index (χ1v) is 9.35. The summed E-state index contributed by atoms with van der Waals surface area (Å²) >= 11 is 0. The summed E-state index contributed by atoms with van der Waals surface area (Å²) in [7, 11) is 0. The summed E-state index contributed by atoms with van der Waals surface area (Å²) in [6, 6.07) is 1.82. The van der Waals surface area contributed by atoms with Crippen LogP contribution in [0.2, 0.25) is 0 Å². The van der Waals surface area contributed by atoms with Gasteiger partial charge in [0.25, 0.3) is 11.5 Å². The molecule has 0 bridgehead atoms. The summed E-state index contributed by atoms with van der Waals surface area (Å²) in [4.78, 5) is 36.3. The first-order valence-electron chi connectivity index (χ1n) is 9.35. The fraction of sp³-hybridized carbons (Fsp3) is 0.526. The van der Waals surface area contributed by atoms with Crippen molar-refractivity contribution in [3.05, 3.63) is 51.1 Å². The third-order valence-electron chi connectivity index (χ3n) is 5.14. The van der Waals surface area contributed by atoms with E-state index in [1.807, 2.05) is 6.07 Å². The van der Waals surface area contributed by atoms with Gasteiger partial charge in [-0.25, -0.2) is 4.98 Å². The molecule has 144 valence electrons. The van der Waals surface area contributed by atoms with Gasteiger partial charge in [0.1, 0.15) is 17.8 Å². The van der Waals surface area contributed by atoms with Crippen molar-refractivity contribution < 1.29 is 13.9 Å². The third-order valence-corrected chi connectivity index (χ3v) is 5.14. The quantitative estimate of drug-likeness (QED) is 0.855. The van der Waals surface area contributed by atoms with Crippen molar-refractivity contribution in [3.8, 4) is 0 Å². The Bertz CT molecular complexity index is 882. The van der Waals surface area contributed by atoms with Crippen LogP contribution >= 0.6 is 0 Å². The van der Waals surface area contributed by atoms with Crippen molar-refractivity contribution in [2.45, 2.75) is 26.3 Å². The Morgan fingerprint density at radius 3 is 2.81 bits per heavy atom. The molecule has 1 fully saturated rings. The SMILES string of the molecule is Cc1nc2c(c(=O)[nH]1)CCN(C(=O)c1coc(CN3CCOCC3)c1)CC2. The number of carbonyl (C=O) groups excluding carboxylic acids is 1. The van der Waals surface area contributed by atoms with Gasteiger partial charge in [0.2, 0.25) is 0 Å². The highest BCUT2D eigenvalue weighted by atomic mass is 16.5. The van der Waals surface area contributed by atoms with Crippen LogP contribution < -0.4 is 5.56 Å². The van der Waals surface area contributed by atoms with Gasteiger partial charge in [0.15, 0.2) is 0 Å². The van der Waals surface area contributed by atoms with E-state index in [0.29, 0.717) is 49.4 Å². The van der Waals surface area contributed by atoms with Gasteiger partial charge in [0.05, 0.1) is 31.0 Å². The van der Waals surface area contributed by atoms with Crippen molar-refractivity contribution in [3.63, 3.8) is 0 Å². The summed E-state index contributed by atoms with van der Waals surface area (Å²) in [6.07, 6.45) is 2.64. The Kier molecular flexibility index (Phi) is 5.09. The summed E-state index contributed by atoms with van der Waals surface area (Å²) < 4.78 is 11.0. The van der Waals surface area contributed by atoms with E-state index in [4.69, 9.17) is 9.15 Å². The van der Waals surface area contributed by atoms with E-state index in [2.05, 4.69) is 14.9 Å². The molecule has 0 atom stereocenters. The molecule has 2 aromatic rings. The standard InChI is InChI=1S/C19H24N4O4/c1-13-20-17-3-5-23(4-2-16(17)18(24)21-13)19(25)14-10-15(27-12-14)11-22-6-8-26-9-7-22/h10,12H,2-9,11H2,1H3,(H,20,21,24). The highest BCUT2D eigenvalue weighted by molar-refractivity contribution is 5.94. The summed E-state index contributed by atoms with van der Waals surface area (Å²) in [5.74, 6) is 1.33. The molecule has 0 saturated carbocycles. The maximum absolute atomic E-state index is 12.9. The van der Waals surface area contributed by atoms with Crippen LogP contribution in [0, 0.1) is 6.92 Å². The molecule has 2 aliphatic heterocycles. The van der Waals surface area contributed by atoms with E-state index in [1.54, 1.807) is 11.8 Å². The molecule has 8 nitrogen and oxygen atoms in total. The number of amides is 1. The fourth-order valence-corrected chi connectivity index (χ4v) is 3.67. The number of furan rings is 1. The molecule has 0 radical (unpaired) electrons. The van der Waals surface area contributed by atoms with Gasteiger partial charge < -0.3 is 19.0 Å². The molecule has 1 amide bonds. The Balaban J connectivity index is 1.43. The number of aromatic amines is 1. The van der Waals surface area contributed by atoms with Gasteiger partial charge in [-0.1, -0.05) is 0 Å². The number of nitrogens with one attached hydrogen (secondary N) is 1. The Hall–Kier alpha value is -2.45. The van der Waals surface area contributed by atoms with Crippen molar-refractivity contribution in [2.75, 3.05) is 39.4 Å². The van der Waals surface area contributed by atoms with Crippen molar-refractivity contribution in [1.82, 2.24) is 19.8 Å². The lowest BCUT2D eigenvalue weighted by atomic mass is 10.1. The van der Waals surface area contributed by atoms with Crippen molar-refractivity contribution in [2.24, 2.45) is 0 Å². The first-order chi connectivity index (χ1) is 13.1. The third kappa shape index (κ3) is 3.96. The summed E-state index contributed by atoms with van der Waals surface area (Å²) in [5.41, 5.74) is 1.95. The highest BCUT2D eigenvalue weighted by Crippen LogP contribution is 2.17. The minimum Gasteiger partial charge on any atom is -0.467 e. The number of fused-ring (bicyclic) bond motifs is 1. The number of rotatable bonds is 3. The normalized spacial score (nSPS) is 18.2. The van der Waals surface area contributed by atoms with E-state index in [-0.39, 0.29) is 11.5 Å². The van der Waals surface area contributed by atoms with Crippen LogP contribution in [-0.2, 0) is 24.1 Å². The van der Waals surface area contributed by atoms with Gasteiger partial charge in [-0.05, 0) is 19.4 Å². The topological polar surface area (TPSA) is 91.7 Å². The van der Waals surface area contributed by atoms with Crippen molar-refractivity contribution in [1.29, 1.82) is 0 Å². The van der Waals surface area contributed by atoms with Crippen LogP contribution in [0.15, 0.2) is 21.5 Å². The zero-order chi connectivity index (χ0) is 18.8. The van der Waals surface area contributed by atoms with Crippen molar-refractivity contribution >= 4 is 5.91 Å². The minimum atomic E-state index is -0.0945. The molecule has 2 aromatic heterocycles. The Labute approximate surface area is 157 Å². The second kappa shape index (κ2) is 7.66. The molecule has 1 saturated heterocycles. The number of nitrogens with zero attached hydrogens (tertiary/aromatic N) is 3. The number of ether oxygens (including phenoxy) is 1. The monoisotopic (exact) mass is 372 g/mol. The van der Waals surface area contributed by atoms with Crippen LogP contribution in [0.1, 0.15) is 33.2 Å². The number of aryl methyl sites for hydroxylation is 1. The lowest BCUT2D eigenvalue weighted by Gasteiger charge is -2.25. The van der Waals surface area contributed by atoms with Crippen LogP contribution in [0.5, 0.6) is 0 Å². The van der Waals surface area contributed by atoms with Gasteiger partial charge in [-0.3, -0.25) is 14.5 Å². The van der Waals surface area contributed by atoms with E-state index in [9.17, 15) is 9.59 Å². The van der Waals surface area contributed by atoms with Gasteiger partial charge >= 0.3 is 0 Å². The molecule has 27 heavy (non-hydrogen) atoms. The average Bonchev–Trinajstić information content (AvgIpc) is 3.01. The van der Waals surface area contributed by atoms with Crippen LogP contribution in [0.25, 0.3) is 0 Å². The Morgan fingerprint density at radius 1 is 1.22 bits per heavy atom. The average molecular weight is 372 g/mol. The van der Waals surface area contributed by atoms with E-state index in [0.717, 1.165) is 37.8 Å². The van der Waals surface area contributed by atoms with E-state index < -0.39 is 0 Å². The zero-order valence-corrected chi connectivity index (χ0v) is 15.5. The lowest BCUT2D eigenvalue weighted by molar-refractivity contribution is 0.0313. The van der Waals surface area contributed by atoms with Gasteiger partial charge in [0, 0.05) is 38.2 Å². The predicted molar refractivity (Wildman–Crippen MR) is 97.7 cm³/mol. The second-order valence-corrected chi connectivity index (χ2v) is 7.06. The molecular formula is C19H24N4O4. The summed E-state index contributed by atoms with van der Waals surface area (Å²) in [6.45, 7) is 6.71. The fourth-order valence-electron chi connectivity index (χ4n) is 3.67. The lowest BCUT2D eigenvalue weighted by Crippen LogP contribution is -2.35. The number of carbonyl (C=O) groups is 1. The maximum atomic E-state index is 12.9. The summed E-state index contributed by atoms with van der Waals surface area (Å²) in [5, 5.41) is 0. The molecule has 0 aromatic carbocycles. The van der Waals surface area contributed by atoms with Crippen LogP contribution in [-0.4, -0.2) is 65.1 Å². The molecule has 1 N–H and O–H groups in total. The number of H-pyrrole nitrogens is 1. The Morgan fingerprint density at radius 2 is 2.00 bits per heavy atom. The first kappa shape index (κ1) is 17.9. The molecule has 4 heterocycles. The van der Waals surface area contributed by atoms with Crippen LogP contribution in [0.3, 0.4) is 0 Å². The maximum Gasteiger partial charge on any atom is 0.257 e. The number of hydrogen-bond acceptors (Lipinski definition) is 6. The van der Waals surface area contributed by atoms with Crippen LogP contribution in [0.4, 0.5) is 0 Å². The smallest absolute Gasteiger partial charge is 0.257 e. The molecule has 8 heteroatoms. The number of morpholine rings is 1. The van der Waals surface area contributed by atoms with E-state index >= 15 is 0 Å². The zero-order valence-electron chi connectivity index (χ0n) is 15.5. The largest absolute Gasteiger partial charge is 0.467 e. The second-order valence-electron chi connectivity index (χ2n) is 7.06. The highest BCUT2D eigenvalue weighted by Gasteiger charge is 2.24. The number of aromatic nitrogens is 2. The van der Waals surface area contributed by atoms with Gasteiger partial charge in [-0.2, -0.15) is 0 Å². The molecular weight excluding hydrogens is 348 g/mol. The van der Waals surface area contributed by atoms with Gasteiger partial charge in [-0.15, -0.1) is 0 Å². The molecule has 0 spiro atoms. The molecule has 0 aliphatic carbocycles. The number of hydrogen-bond donors (Lipinski definition) is 1. The molecule has 2 aliphatic rings. The molecule has 4 rings (SSSR count). The predicted octanol–water partition coefficient (Wildman–Crippen LogP) is 0.745. The molecule has 0 unspecified atom stereocenters.